The second-order valence-corrected chi connectivity index (χ2v) is 6.26. The summed E-state index contributed by atoms with van der Waals surface area (Å²) >= 11 is 0. The number of para-hydroxylation sites is 1. The molecule has 0 aliphatic heterocycles. The maximum absolute atomic E-state index is 5.93. The van der Waals surface area contributed by atoms with E-state index < -0.39 is 0 Å². The van der Waals surface area contributed by atoms with Crippen molar-refractivity contribution in [1.29, 1.82) is 0 Å². The van der Waals surface area contributed by atoms with Gasteiger partial charge in [-0.2, -0.15) is 4.68 Å². The second kappa shape index (κ2) is 11.8. The quantitative estimate of drug-likeness (QED) is 0.304. The summed E-state index contributed by atoms with van der Waals surface area (Å²) < 4.78 is 13.0. The number of nitrogens with one attached hydrogen (secondary N) is 1. The van der Waals surface area contributed by atoms with Gasteiger partial charge < -0.3 is 39.6 Å². The Labute approximate surface area is 192 Å². The van der Waals surface area contributed by atoms with Crippen molar-refractivity contribution in [2.24, 2.45) is 0 Å². The minimum atomic E-state index is 0. The van der Waals surface area contributed by atoms with E-state index in [0.717, 1.165) is 23.4 Å². The zero-order chi connectivity index (χ0) is 19.9. The number of hydrogen-bond acceptors (Lipinski definition) is 7. The molecule has 2 heterocycles. The van der Waals surface area contributed by atoms with Crippen molar-refractivity contribution in [2.75, 3.05) is 7.11 Å². The van der Waals surface area contributed by atoms with E-state index in [4.69, 9.17) is 9.47 Å². The van der Waals surface area contributed by atoms with Gasteiger partial charge in [0.1, 0.15) is 0 Å². The highest BCUT2D eigenvalue weighted by Gasteiger charge is 2.14. The van der Waals surface area contributed by atoms with Gasteiger partial charge in [-0.1, -0.05) is 35.4 Å². The van der Waals surface area contributed by atoms with Crippen molar-refractivity contribution in [3.63, 3.8) is 0 Å². The zero-order valence-corrected chi connectivity index (χ0v) is 18.2. The molecule has 0 unspecified atom stereocenters. The first-order chi connectivity index (χ1) is 14.3. The molecule has 8 nitrogen and oxygen atoms in total. The molecule has 0 radical (unpaired) electrons. The molecular formula is C21H20Cl2N6O2-2. The Bertz CT molecular complexity index is 1060. The number of aromatic nitrogens is 5. The van der Waals surface area contributed by atoms with Crippen LogP contribution in [0.4, 0.5) is 0 Å². The number of tetrazole rings is 1. The highest BCUT2D eigenvalue weighted by atomic mass is 35.5. The van der Waals surface area contributed by atoms with Gasteiger partial charge in [0.15, 0.2) is 11.5 Å². The van der Waals surface area contributed by atoms with Gasteiger partial charge >= 0.3 is 6.01 Å². The topological polar surface area (TPSA) is 87.0 Å². The summed E-state index contributed by atoms with van der Waals surface area (Å²) in [5.74, 6) is 1.14. The lowest BCUT2D eigenvalue weighted by molar-refractivity contribution is -0.001000. The zero-order valence-electron chi connectivity index (χ0n) is 16.7. The van der Waals surface area contributed by atoms with Gasteiger partial charge in [-0.3, -0.25) is 4.98 Å². The number of hydrogen-bond donors (Lipinski definition) is 1. The van der Waals surface area contributed by atoms with Crippen molar-refractivity contribution < 1.29 is 34.3 Å². The van der Waals surface area contributed by atoms with Crippen molar-refractivity contribution in [2.45, 2.75) is 13.1 Å². The van der Waals surface area contributed by atoms with Crippen LogP contribution in [-0.4, -0.2) is 32.3 Å². The molecule has 0 atom stereocenters. The van der Waals surface area contributed by atoms with E-state index in [-0.39, 0.29) is 30.8 Å². The third-order valence-corrected chi connectivity index (χ3v) is 4.25. The molecule has 0 aliphatic carbocycles. The van der Waals surface area contributed by atoms with Crippen molar-refractivity contribution in [3.8, 4) is 23.2 Å². The van der Waals surface area contributed by atoms with Crippen LogP contribution in [0.15, 0.2) is 73.1 Å². The summed E-state index contributed by atoms with van der Waals surface area (Å²) in [6.07, 6.45) is 3.61. The van der Waals surface area contributed by atoms with Gasteiger partial charge in [0.2, 0.25) is 0 Å². The lowest BCUT2D eigenvalue weighted by Crippen LogP contribution is -3.00. The maximum atomic E-state index is 5.93. The predicted molar refractivity (Wildman–Crippen MR) is 107 cm³/mol. The van der Waals surface area contributed by atoms with Gasteiger partial charge in [-0.15, -0.1) is 0 Å². The SMILES string of the molecule is COc1cc(CNCc2cccnc2)ccc1Oc1nnnn1-c1ccccc1.[Cl-].[Cl-]. The number of halogens is 2. The Morgan fingerprint density at radius 1 is 0.903 bits per heavy atom. The Morgan fingerprint density at radius 3 is 2.45 bits per heavy atom. The Balaban J connectivity index is 0.00000171. The largest absolute Gasteiger partial charge is 1.00 e. The summed E-state index contributed by atoms with van der Waals surface area (Å²) in [6.45, 7) is 1.42. The van der Waals surface area contributed by atoms with E-state index in [9.17, 15) is 0 Å². The van der Waals surface area contributed by atoms with Crippen LogP contribution in [0.5, 0.6) is 17.5 Å². The van der Waals surface area contributed by atoms with Crippen LogP contribution in [0, 0.1) is 0 Å². The first-order valence-corrected chi connectivity index (χ1v) is 9.11. The molecule has 2 aromatic carbocycles. The maximum Gasteiger partial charge on any atom is 0.346 e. The standard InChI is InChI=1S/C21H20N6O2.2ClH/c1-28-20-12-16(13-23-15-17-6-5-11-22-14-17)9-10-19(20)29-21-24-25-26-27(21)18-7-3-2-4-8-18;;/h2-12,14,23H,13,15H2,1H3;2*1H/p-2. The first-order valence-electron chi connectivity index (χ1n) is 9.11. The third-order valence-electron chi connectivity index (χ3n) is 4.25. The molecule has 31 heavy (non-hydrogen) atoms. The number of methoxy groups -OCH3 is 1. The van der Waals surface area contributed by atoms with Crippen molar-refractivity contribution in [3.05, 3.63) is 84.2 Å². The summed E-state index contributed by atoms with van der Waals surface area (Å²) in [6, 6.07) is 19.5. The molecule has 0 spiro atoms. The molecule has 10 heteroatoms. The molecule has 0 fully saturated rings. The summed E-state index contributed by atoms with van der Waals surface area (Å²) in [5.41, 5.74) is 3.01. The van der Waals surface area contributed by atoms with E-state index in [0.29, 0.717) is 18.0 Å². The Hall–Kier alpha value is -3.20. The minimum Gasteiger partial charge on any atom is -1.00 e. The van der Waals surface area contributed by atoms with E-state index in [1.165, 1.54) is 4.68 Å². The predicted octanol–water partition coefficient (Wildman–Crippen LogP) is -2.84. The molecule has 0 amide bonds. The van der Waals surface area contributed by atoms with Crippen molar-refractivity contribution >= 4 is 0 Å². The molecule has 0 bridgehead atoms. The van der Waals surface area contributed by atoms with E-state index in [1.807, 2.05) is 66.9 Å². The molecule has 0 aliphatic rings. The van der Waals surface area contributed by atoms with Crippen LogP contribution in [0.3, 0.4) is 0 Å². The summed E-state index contributed by atoms with van der Waals surface area (Å²) in [7, 11) is 1.61. The third kappa shape index (κ3) is 6.14. The molecule has 0 saturated heterocycles. The second-order valence-electron chi connectivity index (χ2n) is 6.26. The van der Waals surface area contributed by atoms with Crippen LogP contribution in [-0.2, 0) is 13.1 Å². The first kappa shape index (κ1) is 24.1. The van der Waals surface area contributed by atoms with Gasteiger partial charge in [0, 0.05) is 25.5 Å². The lowest BCUT2D eigenvalue weighted by Gasteiger charge is -2.12. The van der Waals surface area contributed by atoms with E-state index in [2.05, 4.69) is 25.8 Å². The highest BCUT2D eigenvalue weighted by molar-refractivity contribution is 5.44. The average molecular weight is 459 g/mol. The van der Waals surface area contributed by atoms with Crippen LogP contribution in [0.1, 0.15) is 11.1 Å². The molecule has 4 aromatic rings. The molecule has 4 rings (SSSR count). The fourth-order valence-corrected chi connectivity index (χ4v) is 2.83. The minimum absolute atomic E-state index is 0. The average Bonchev–Trinajstić information content (AvgIpc) is 3.24. The highest BCUT2D eigenvalue weighted by Crippen LogP contribution is 2.32. The molecule has 162 valence electrons. The van der Waals surface area contributed by atoms with Gasteiger partial charge in [0.25, 0.3) is 0 Å². The Morgan fingerprint density at radius 2 is 1.71 bits per heavy atom. The number of ether oxygens (including phenoxy) is 2. The van der Waals surface area contributed by atoms with Gasteiger partial charge in [0.05, 0.1) is 12.8 Å². The van der Waals surface area contributed by atoms with E-state index >= 15 is 0 Å². The number of pyridine rings is 1. The fourth-order valence-electron chi connectivity index (χ4n) is 2.83. The molecule has 2 aromatic heterocycles. The van der Waals surface area contributed by atoms with E-state index in [1.54, 1.807) is 13.3 Å². The lowest BCUT2D eigenvalue weighted by atomic mass is 10.2. The van der Waals surface area contributed by atoms with Crippen LogP contribution >= 0.6 is 0 Å². The number of nitrogens with zero attached hydrogens (tertiary/aromatic N) is 5. The van der Waals surface area contributed by atoms with Gasteiger partial charge in [-0.25, -0.2) is 0 Å². The van der Waals surface area contributed by atoms with Crippen LogP contribution < -0.4 is 39.6 Å². The molecule has 1 N–H and O–H groups in total. The number of benzene rings is 2. The molecular weight excluding hydrogens is 439 g/mol. The van der Waals surface area contributed by atoms with Crippen LogP contribution in [0.2, 0.25) is 0 Å². The monoisotopic (exact) mass is 458 g/mol. The normalized spacial score (nSPS) is 9.97. The van der Waals surface area contributed by atoms with Crippen molar-refractivity contribution in [1.82, 2.24) is 30.5 Å². The number of rotatable bonds is 8. The summed E-state index contributed by atoms with van der Waals surface area (Å²) in [4.78, 5) is 4.12. The fraction of sp³-hybridized carbons (Fsp3) is 0.143. The molecule has 0 saturated carbocycles. The smallest absolute Gasteiger partial charge is 0.346 e. The van der Waals surface area contributed by atoms with Crippen LogP contribution in [0.25, 0.3) is 5.69 Å². The Kier molecular flexibility index (Phi) is 9.20. The summed E-state index contributed by atoms with van der Waals surface area (Å²) in [5, 5.41) is 15.1. The van der Waals surface area contributed by atoms with Gasteiger partial charge in [-0.05, 0) is 51.9 Å².